The zero-order chi connectivity index (χ0) is 12.4. The maximum atomic E-state index is 4.51. The molecule has 90 valence electrons. The van der Waals surface area contributed by atoms with Gasteiger partial charge in [-0.1, -0.05) is 12.1 Å². The van der Waals surface area contributed by atoms with Crippen LogP contribution in [0.2, 0.25) is 0 Å². The summed E-state index contributed by atoms with van der Waals surface area (Å²) in [5, 5.41) is 4.34. The summed E-state index contributed by atoms with van der Waals surface area (Å²) in [6, 6.07) is 7.85. The summed E-state index contributed by atoms with van der Waals surface area (Å²) in [6.45, 7) is 2.74. The molecule has 2 heterocycles. The summed E-state index contributed by atoms with van der Waals surface area (Å²) in [4.78, 5) is 14.3. The monoisotopic (exact) mass is 256 g/mol. The van der Waals surface area contributed by atoms with Crippen molar-refractivity contribution in [2.75, 3.05) is 5.32 Å². The van der Waals surface area contributed by atoms with Crippen LogP contribution in [0, 0.1) is 6.92 Å². The minimum Gasteiger partial charge on any atom is -0.364 e. The molecule has 0 atom stereocenters. The molecule has 1 aromatic carbocycles. The number of nitrogens with one attached hydrogen (secondary N) is 1. The van der Waals surface area contributed by atoms with Crippen molar-refractivity contribution >= 4 is 28.2 Å². The molecular weight excluding hydrogens is 244 g/mol. The van der Waals surface area contributed by atoms with Crippen LogP contribution in [-0.2, 0) is 6.54 Å². The third kappa shape index (κ3) is 2.31. The normalized spacial score (nSPS) is 10.7. The number of rotatable bonds is 3. The highest BCUT2D eigenvalue weighted by atomic mass is 32.1. The molecule has 0 bridgehead atoms. The molecule has 3 aromatic rings. The minimum atomic E-state index is 0.735. The van der Waals surface area contributed by atoms with Crippen molar-refractivity contribution in [2.24, 2.45) is 0 Å². The second-order valence-corrected chi connectivity index (χ2v) is 5.26. The molecule has 0 saturated heterocycles. The third-order valence-corrected chi connectivity index (χ3v) is 3.47. The first-order chi connectivity index (χ1) is 8.81. The molecule has 0 aliphatic carbocycles. The third-order valence-electron chi connectivity index (χ3n) is 2.56. The standard InChI is InChI=1S/C13H12N4S/c1-9-14-6-10(18-9)7-16-13-8-15-11-4-2-3-5-12(11)17-13/h2-6,8H,7H2,1H3,(H,16,17). The summed E-state index contributed by atoms with van der Waals surface area (Å²) in [5.74, 6) is 0.791. The van der Waals surface area contributed by atoms with Gasteiger partial charge < -0.3 is 5.32 Å². The van der Waals surface area contributed by atoms with Gasteiger partial charge >= 0.3 is 0 Å². The number of hydrogen-bond acceptors (Lipinski definition) is 5. The van der Waals surface area contributed by atoms with Crippen LogP contribution in [0.25, 0.3) is 11.0 Å². The van der Waals surface area contributed by atoms with Crippen molar-refractivity contribution in [1.82, 2.24) is 15.0 Å². The van der Waals surface area contributed by atoms with Gasteiger partial charge in [0.1, 0.15) is 5.82 Å². The number of thiazole rings is 1. The van der Waals surface area contributed by atoms with E-state index in [1.165, 1.54) is 4.88 Å². The van der Waals surface area contributed by atoms with E-state index < -0.39 is 0 Å². The number of hydrogen-bond donors (Lipinski definition) is 1. The topological polar surface area (TPSA) is 50.7 Å². The van der Waals surface area contributed by atoms with Crippen molar-refractivity contribution in [1.29, 1.82) is 0 Å². The van der Waals surface area contributed by atoms with Crippen LogP contribution >= 0.6 is 11.3 Å². The van der Waals surface area contributed by atoms with Crippen LogP contribution < -0.4 is 5.32 Å². The lowest BCUT2D eigenvalue weighted by Crippen LogP contribution is -2.00. The van der Waals surface area contributed by atoms with E-state index in [-0.39, 0.29) is 0 Å². The van der Waals surface area contributed by atoms with Crippen LogP contribution in [0.3, 0.4) is 0 Å². The predicted molar refractivity (Wildman–Crippen MR) is 73.7 cm³/mol. The Balaban J connectivity index is 1.78. The summed E-state index contributed by atoms with van der Waals surface area (Å²) < 4.78 is 0. The van der Waals surface area contributed by atoms with Gasteiger partial charge in [-0.15, -0.1) is 11.3 Å². The SMILES string of the molecule is Cc1ncc(CNc2cnc3ccccc3n2)s1. The van der Waals surface area contributed by atoms with Crippen molar-refractivity contribution in [3.05, 3.63) is 46.5 Å². The Kier molecular flexibility index (Phi) is 2.90. The molecule has 4 nitrogen and oxygen atoms in total. The van der Waals surface area contributed by atoms with Crippen LogP contribution in [0.4, 0.5) is 5.82 Å². The number of para-hydroxylation sites is 2. The van der Waals surface area contributed by atoms with Gasteiger partial charge in [0.05, 0.1) is 28.8 Å². The molecule has 0 amide bonds. The van der Waals surface area contributed by atoms with Gasteiger partial charge in [0, 0.05) is 11.1 Å². The maximum Gasteiger partial charge on any atom is 0.145 e. The Morgan fingerprint density at radius 2 is 1.94 bits per heavy atom. The zero-order valence-electron chi connectivity index (χ0n) is 9.92. The molecule has 0 radical (unpaired) electrons. The fraction of sp³-hybridized carbons (Fsp3) is 0.154. The van der Waals surface area contributed by atoms with E-state index in [1.807, 2.05) is 37.4 Å². The summed E-state index contributed by atoms with van der Waals surface area (Å²) in [5.41, 5.74) is 1.82. The lowest BCUT2D eigenvalue weighted by atomic mass is 10.3. The van der Waals surface area contributed by atoms with E-state index in [0.29, 0.717) is 0 Å². The highest BCUT2D eigenvalue weighted by molar-refractivity contribution is 7.11. The average Bonchev–Trinajstić information content (AvgIpc) is 2.82. The molecule has 0 saturated carbocycles. The Hall–Kier alpha value is -2.01. The quantitative estimate of drug-likeness (QED) is 0.782. The second kappa shape index (κ2) is 4.70. The number of aromatic nitrogens is 3. The summed E-state index contributed by atoms with van der Waals surface area (Å²) in [6.07, 6.45) is 3.65. The van der Waals surface area contributed by atoms with Crippen LogP contribution in [0.1, 0.15) is 9.88 Å². The lowest BCUT2D eigenvalue weighted by Gasteiger charge is -2.04. The van der Waals surface area contributed by atoms with Crippen molar-refractivity contribution in [3.63, 3.8) is 0 Å². The molecule has 0 aliphatic rings. The van der Waals surface area contributed by atoms with Crippen molar-refractivity contribution in [2.45, 2.75) is 13.5 Å². The first-order valence-corrected chi connectivity index (χ1v) is 6.50. The van der Waals surface area contributed by atoms with E-state index in [9.17, 15) is 0 Å². The van der Waals surface area contributed by atoms with Gasteiger partial charge in [-0.25, -0.2) is 9.97 Å². The lowest BCUT2D eigenvalue weighted by molar-refractivity contribution is 1.12. The Morgan fingerprint density at radius 3 is 2.72 bits per heavy atom. The van der Waals surface area contributed by atoms with Crippen molar-refractivity contribution < 1.29 is 0 Å². The average molecular weight is 256 g/mol. The molecule has 0 spiro atoms. The summed E-state index contributed by atoms with van der Waals surface area (Å²) >= 11 is 1.69. The van der Waals surface area contributed by atoms with E-state index in [4.69, 9.17) is 0 Å². The molecular formula is C13H12N4S. The van der Waals surface area contributed by atoms with E-state index in [1.54, 1.807) is 17.5 Å². The Morgan fingerprint density at radius 1 is 1.11 bits per heavy atom. The molecule has 0 unspecified atom stereocenters. The van der Waals surface area contributed by atoms with Gasteiger partial charge in [-0.3, -0.25) is 4.98 Å². The number of anilines is 1. The number of fused-ring (bicyclic) bond motifs is 1. The van der Waals surface area contributed by atoms with Crippen LogP contribution in [-0.4, -0.2) is 15.0 Å². The molecule has 3 rings (SSSR count). The van der Waals surface area contributed by atoms with E-state index >= 15 is 0 Å². The molecule has 2 aromatic heterocycles. The van der Waals surface area contributed by atoms with Gasteiger partial charge in [0.2, 0.25) is 0 Å². The second-order valence-electron chi connectivity index (χ2n) is 3.94. The predicted octanol–water partition coefficient (Wildman–Crippen LogP) is 3.01. The van der Waals surface area contributed by atoms with E-state index in [2.05, 4.69) is 20.3 Å². The molecule has 1 N–H and O–H groups in total. The molecule has 5 heteroatoms. The number of nitrogens with zero attached hydrogens (tertiary/aromatic N) is 3. The molecule has 18 heavy (non-hydrogen) atoms. The van der Waals surface area contributed by atoms with E-state index in [0.717, 1.165) is 28.4 Å². The minimum absolute atomic E-state index is 0.735. The van der Waals surface area contributed by atoms with Crippen LogP contribution in [0.5, 0.6) is 0 Å². The largest absolute Gasteiger partial charge is 0.364 e. The highest BCUT2D eigenvalue weighted by Crippen LogP contribution is 2.15. The zero-order valence-corrected chi connectivity index (χ0v) is 10.7. The Bertz CT molecular complexity index is 677. The Labute approximate surface area is 109 Å². The van der Waals surface area contributed by atoms with Crippen molar-refractivity contribution in [3.8, 4) is 0 Å². The van der Waals surface area contributed by atoms with Gasteiger partial charge in [0.15, 0.2) is 0 Å². The highest BCUT2D eigenvalue weighted by Gasteiger charge is 2.01. The van der Waals surface area contributed by atoms with Crippen LogP contribution in [0.15, 0.2) is 36.7 Å². The van der Waals surface area contributed by atoms with Gasteiger partial charge in [-0.2, -0.15) is 0 Å². The number of benzene rings is 1. The first-order valence-electron chi connectivity index (χ1n) is 5.68. The molecule has 0 aliphatic heterocycles. The van der Waals surface area contributed by atoms with Gasteiger partial charge in [0.25, 0.3) is 0 Å². The molecule has 0 fully saturated rings. The first kappa shape index (κ1) is 11.1. The summed E-state index contributed by atoms with van der Waals surface area (Å²) in [7, 11) is 0. The number of aryl methyl sites for hydroxylation is 1. The fourth-order valence-electron chi connectivity index (χ4n) is 1.71. The fourth-order valence-corrected chi connectivity index (χ4v) is 2.44. The maximum absolute atomic E-state index is 4.51. The smallest absolute Gasteiger partial charge is 0.145 e. The van der Waals surface area contributed by atoms with Gasteiger partial charge in [-0.05, 0) is 19.1 Å².